The summed E-state index contributed by atoms with van der Waals surface area (Å²) in [5.41, 5.74) is 4.56. The van der Waals surface area contributed by atoms with Crippen LogP contribution in [-0.4, -0.2) is 44.1 Å². The fourth-order valence-corrected chi connectivity index (χ4v) is 5.95. The molecule has 1 saturated heterocycles. The van der Waals surface area contributed by atoms with Gasteiger partial charge in [-0.15, -0.1) is 0 Å². The van der Waals surface area contributed by atoms with Crippen molar-refractivity contribution in [2.24, 2.45) is 5.73 Å². The number of hydrogen-bond donors (Lipinski definition) is 2. The molecule has 0 aliphatic carbocycles. The van der Waals surface area contributed by atoms with Crippen molar-refractivity contribution in [2.45, 2.75) is 57.1 Å². The van der Waals surface area contributed by atoms with Gasteiger partial charge in [-0.25, -0.2) is 21.6 Å². The maximum Gasteiger partial charge on any atom is 0.257 e. The van der Waals surface area contributed by atoms with E-state index in [-0.39, 0.29) is 51.5 Å². The summed E-state index contributed by atoms with van der Waals surface area (Å²) in [6.45, 7) is 4.89. The minimum atomic E-state index is -3.65. The minimum absolute atomic E-state index is 0.0457. The van der Waals surface area contributed by atoms with Gasteiger partial charge in [-0.2, -0.15) is 0 Å². The molecule has 0 saturated carbocycles. The van der Waals surface area contributed by atoms with E-state index in [9.17, 15) is 13.2 Å². The second-order valence-corrected chi connectivity index (χ2v) is 11.4. The van der Waals surface area contributed by atoms with Crippen LogP contribution in [0.5, 0.6) is 0 Å². The molecule has 0 spiro atoms. The third-order valence-corrected chi connectivity index (χ3v) is 8.63. The SMILES string of the molecule is CCS(=O)(=O)c1ccc(Cl)cc1CNC(=O)c1c(F)c(C)c([C@@H](CN)N2CCCC2C)c(F)c1F. The molecule has 2 atom stereocenters. The van der Waals surface area contributed by atoms with Gasteiger partial charge in [0, 0.05) is 29.7 Å². The zero-order valence-corrected chi connectivity index (χ0v) is 21.4. The molecule has 1 unspecified atom stereocenters. The molecular weight excluding hydrogens is 503 g/mol. The number of sulfone groups is 1. The number of benzene rings is 2. The third kappa shape index (κ3) is 5.35. The summed E-state index contributed by atoms with van der Waals surface area (Å²) in [6.07, 6.45) is 1.73. The predicted molar refractivity (Wildman–Crippen MR) is 129 cm³/mol. The number of halogens is 4. The second-order valence-electron chi connectivity index (χ2n) is 8.67. The van der Waals surface area contributed by atoms with Crippen molar-refractivity contribution in [3.05, 3.63) is 62.9 Å². The summed E-state index contributed by atoms with van der Waals surface area (Å²) in [5.74, 6) is -5.52. The number of nitrogens with two attached hydrogens (primary N) is 1. The smallest absolute Gasteiger partial charge is 0.257 e. The number of carbonyl (C=O) groups is 1. The predicted octanol–water partition coefficient (Wildman–Crippen LogP) is 4.27. The molecule has 3 N–H and O–H groups in total. The van der Waals surface area contributed by atoms with Gasteiger partial charge in [-0.05, 0) is 62.6 Å². The van der Waals surface area contributed by atoms with Gasteiger partial charge in [0.15, 0.2) is 21.5 Å². The van der Waals surface area contributed by atoms with Gasteiger partial charge in [0.25, 0.3) is 5.91 Å². The van der Waals surface area contributed by atoms with Crippen LogP contribution in [0.25, 0.3) is 0 Å². The number of rotatable bonds is 8. The molecule has 1 aliphatic rings. The first-order valence-corrected chi connectivity index (χ1v) is 13.4. The Morgan fingerprint density at radius 3 is 2.51 bits per heavy atom. The molecule has 0 radical (unpaired) electrons. The Kier molecular flexibility index (Phi) is 8.52. The number of likely N-dealkylation sites (tertiary alicyclic amines) is 1. The van der Waals surface area contributed by atoms with Gasteiger partial charge < -0.3 is 11.1 Å². The largest absolute Gasteiger partial charge is 0.348 e. The van der Waals surface area contributed by atoms with E-state index in [1.54, 1.807) is 0 Å². The molecule has 1 aliphatic heterocycles. The molecule has 3 rings (SSSR count). The molecule has 0 bridgehead atoms. The molecule has 35 heavy (non-hydrogen) atoms. The highest BCUT2D eigenvalue weighted by atomic mass is 35.5. The fraction of sp³-hybridized carbons (Fsp3) is 0.458. The Hall–Kier alpha value is -2.14. The van der Waals surface area contributed by atoms with E-state index in [0.717, 1.165) is 12.8 Å². The van der Waals surface area contributed by atoms with Crippen molar-refractivity contribution in [3.8, 4) is 0 Å². The number of hydrogen-bond acceptors (Lipinski definition) is 5. The van der Waals surface area contributed by atoms with Crippen LogP contribution in [0.1, 0.15) is 59.8 Å². The molecule has 11 heteroatoms. The molecule has 192 valence electrons. The normalized spacial score (nSPS) is 17.5. The van der Waals surface area contributed by atoms with Crippen LogP contribution in [0, 0.1) is 24.4 Å². The van der Waals surface area contributed by atoms with Crippen molar-refractivity contribution < 1.29 is 26.4 Å². The molecule has 2 aromatic carbocycles. The first kappa shape index (κ1) is 27.4. The highest BCUT2D eigenvalue weighted by molar-refractivity contribution is 7.91. The topological polar surface area (TPSA) is 92.5 Å². The van der Waals surface area contributed by atoms with E-state index < -0.39 is 44.8 Å². The van der Waals surface area contributed by atoms with Crippen LogP contribution < -0.4 is 11.1 Å². The van der Waals surface area contributed by atoms with Crippen LogP contribution in [0.3, 0.4) is 0 Å². The molecule has 6 nitrogen and oxygen atoms in total. The van der Waals surface area contributed by atoms with Gasteiger partial charge in [-0.1, -0.05) is 18.5 Å². The van der Waals surface area contributed by atoms with Crippen LogP contribution in [0.2, 0.25) is 5.02 Å². The highest BCUT2D eigenvalue weighted by Crippen LogP contribution is 2.35. The molecular formula is C24H29ClF3N3O3S. The van der Waals surface area contributed by atoms with Gasteiger partial charge in [0.1, 0.15) is 11.4 Å². The molecule has 1 heterocycles. The monoisotopic (exact) mass is 531 g/mol. The van der Waals surface area contributed by atoms with Crippen LogP contribution >= 0.6 is 11.6 Å². The van der Waals surface area contributed by atoms with Crippen LogP contribution in [-0.2, 0) is 16.4 Å². The fourth-order valence-electron chi connectivity index (χ4n) is 4.64. The van der Waals surface area contributed by atoms with E-state index in [0.29, 0.717) is 6.54 Å². The van der Waals surface area contributed by atoms with Gasteiger partial charge in [0.2, 0.25) is 0 Å². The number of nitrogens with one attached hydrogen (secondary N) is 1. The lowest BCUT2D eigenvalue weighted by molar-refractivity contribution is 0.0940. The maximum absolute atomic E-state index is 15.3. The van der Waals surface area contributed by atoms with Crippen molar-refractivity contribution in [1.29, 1.82) is 0 Å². The van der Waals surface area contributed by atoms with E-state index in [1.807, 2.05) is 11.8 Å². The second kappa shape index (κ2) is 10.9. The van der Waals surface area contributed by atoms with Crippen molar-refractivity contribution >= 4 is 27.3 Å². The first-order chi connectivity index (χ1) is 16.4. The molecule has 1 fully saturated rings. The van der Waals surface area contributed by atoms with Gasteiger partial charge in [0.05, 0.1) is 16.7 Å². The van der Waals surface area contributed by atoms with Crippen molar-refractivity contribution in [3.63, 3.8) is 0 Å². The summed E-state index contributed by atoms with van der Waals surface area (Å²) in [4.78, 5) is 14.6. The van der Waals surface area contributed by atoms with Crippen LogP contribution in [0.4, 0.5) is 13.2 Å². The van der Waals surface area contributed by atoms with E-state index in [1.165, 1.54) is 32.0 Å². The van der Waals surface area contributed by atoms with E-state index in [4.69, 9.17) is 17.3 Å². The Balaban J connectivity index is 1.96. The first-order valence-electron chi connectivity index (χ1n) is 11.4. The lowest BCUT2D eigenvalue weighted by atomic mass is 9.94. The Labute approximate surface area is 208 Å². The average Bonchev–Trinajstić information content (AvgIpc) is 3.24. The Morgan fingerprint density at radius 2 is 1.94 bits per heavy atom. The zero-order chi connectivity index (χ0) is 26.1. The summed E-state index contributed by atoms with van der Waals surface area (Å²) in [5, 5.41) is 2.52. The van der Waals surface area contributed by atoms with Gasteiger partial charge in [-0.3, -0.25) is 9.69 Å². The maximum atomic E-state index is 15.3. The highest BCUT2D eigenvalue weighted by Gasteiger charge is 2.35. The Bertz CT molecular complexity index is 1210. The molecule has 0 aromatic heterocycles. The lowest BCUT2D eigenvalue weighted by Gasteiger charge is -2.32. The lowest BCUT2D eigenvalue weighted by Crippen LogP contribution is -2.37. The van der Waals surface area contributed by atoms with E-state index in [2.05, 4.69) is 5.32 Å². The summed E-state index contributed by atoms with van der Waals surface area (Å²) in [6, 6.07) is 3.37. The van der Waals surface area contributed by atoms with E-state index >= 15 is 13.2 Å². The standard InChI is InChI=1S/C24H29ClF3N3O3S/c1-4-35(33,34)18-8-7-16(25)10-15(18)12-30-24(32)20-21(26)14(3)19(22(27)23(20)28)17(11-29)31-9-5-6-13(31)2/h7-8,10,13,17H,4-6,9,11-12,29H2,1-3H3,(H,30,32)/t13?,17-/m1/s1. The summed E-state index contributed by atoms with van der Waals surface area (Å²) >= 11 is 5.97. The average molecular weight is 532 g/mol. The molecule has 1 amide bonds. The summed E-state index contributed by atoms with van der Waals surface area (Å²) in [7, 11) is -3.65. The number of nitrogens with zero attached hydrogens (tertiary/aromatic N) is 1. The molecule has 2 aromatic rings. The third-order valence-electron chi connectivity index (χ3n) is 6.57. The quantitative estimate of drug-likeness (QED) is 0.496. The Morgan fingerprint density at radius 1 is 1.26 bits per heavy atom. The van der Waals surface area contributed by atoms with Gasteiger partial charge >= 0.3 is 0 Å². The minimum Gasteiger partial charge on any atom is -0.348 e. The van der Waals surface area contributed by atoms with Crippen LogP contribution in [0.15, 0.2) is 23.1 Å². The number of amides is 1. The van der Waals surface area contributed by atoms with Crippen molar-refractivity contribution in [1.82, 2.24) is 10.2 Å². The van der Waals surface area contributed by atoms with Crippen molar-refractivity contribution in [2.75, 3.05) is 18.8 Å². The number of carbonyl (C=O) groups excluding carboxylic acids is 1. The zero-order valence-electron chi connectivity index (χ0n) is 19.8. The summed E-state index contributed by atoms with van der Waals surface area (Å²) < 4.78 is 70.4.